The Balaban J connectivity index is 1.65. The maximum Gasteiger partial charge on any atom is 0.420 e. The fourth-order valence-electron chi connectivity index (χ4n) is 2.40. The Morgan fingerprint density at radius 1 is 1.16 bits per heavy atom. The highest BCUT2D eigenvalue weighted by molar-refractivity contribution is 5.93. The number of aromatic nitrogens is 1. The Morgan fingerprint density at radius 2 is 1.96 bits per heavy atom. The third kappa shape index (κ3) is 3.69. The van der Waals surface area contributed by atoms with Crippen molar-refractivity contribution in [3.63, 3.8) is 0 Å². The van der Waals surface area contributed by atoms with Gasteiger partial charge in [0, 0.05) is 5.69 Å². The number of amides is 2. The molecule has 3 N–H and O–H groups in total. The van der Waals surface area contributed by atoms with Crippen LogP contribution in [-0.2, 0) is 11.3 Å². The summed E-state index contributed by atoms with van der Waals surface area (Å²) in [7, 11) is 0. The average molecular weight is 341 g/mol. The molecule has 0 aliphatic carbocycles. The van der Waals surface area contributed by atoms with Gasteiger partial charge in [-0.05, 0) is 30.3 Å². The van der Waals surface area contributed by atoms with Crippen molar-refractivity contribution in [3.8, 4) is 0 Å². The van der Waals surface area contributed by atoms with Crippen molar-refractivity contribution in [3.05, 3.63) is 64.6 Å². The Morgan fingerprint density at radius 3 is 2.76 bits per heavy atom. The molecule has 0 aliphatic rings. The molecule has 1 heterocycles. The summed E-state index contributed by atoms with van der Waals surface area (Å²) < 4.78 is 11.7. The number of urea groups is 1. The van der Waals surface area contributed by atoms with Gasteiger partial charge >= 0.3 is 17.8 Å². The molecule has 1 aromatic heterocycles. The van der Waals surface area contributed by atoms with E-state index in [1.807, 2.05) is 0 Å². The van der Waals surface area contributed by atoms with Crippen molar-refractivity contribution in [1.29, 1.82) is 0 Å². The van der Waals surface area contributed by atoms with E-state index in [0.717, 1.165) is 0 Å². The molecule has 3 rings (SSSR count). The summed E-state index contributed by atoms with van der Waals surface area (Å²) in [5.74, 6) is -1.08. The van der Waals surface area contributed by atoms with Crippen LogP contribution >= 0.6 is 0 Å². The van der Waals surface area contributed by atoms with Crippen molar-refractivity contribution >= 4 is 28.8 Å². The lowest BCUT2D eigenvalue weighted by molar-refractivity contribution is 0.0490. The van der Waals surface area contributed by atoms with Crippen LogP contribution in [0.2, 0.25) is 0 Å². The standard InChI is InChI=1S/C17H15N3O5/c18-16(22)19-12-5-3-4-11(10-12)15(21)24-9-8-20-13-6-1-2-7-14(13)25-17(20)23/h1-7,10H,8-9H2,(H3,18,19,22). The van der Waals surface area contributed by atoms with Gasteiger partial charge in [0.25, 0.3) is 0 Å². The molecule has 8 nitrogen and oxygen atoms in total. The van der Waals surface area contributed by atoms with Gasteiger partial charge in [-0.15, -0.1) is 0 Å². The normalized spacial score (nSPS) is 10.6. The minimum atomic E-state index is -0.725. The number of carbonyl (C=O) groups is 2. The van der Waals surface area contributed by atoms with E-state index in [1.54, 1.807) is 42.5 Å². The SMILES string of the molecule is NC(=O)Nc1cccc(C(=O)OCCn2c(=O)oc3ccccc32)c1. The van der Waals surface area contributed by atoms with E-state index in [2.05, 4.69) is 5.32 Å². The van der Waals surface area contributed by atoms with Crippen LogP contribution in [0.1, 0.15) is 10.4 Å². The molecule has 0 bridgehead atoms. The molecule has 8 heteroatoms. The molecule has 0 fully saturated rings. The zero-order valence-electron chi connectivity index (χ0n) is 13.1. The van der Waals surface area contributed by atoms with E-state index in [-0.39, 0.29) is 18.7 Å². The van der Waals surface area contributed by atoms with Crippen molar-refractivity contribution < 1.29 is 18.7 Å². The van der Waals surface area contributed by atoms with E-state index in [1.165, 1.54) is 10.6 Å². The van der Waals surface area contributed by atoms with Crippen molar-refractivity contribution in [1.82, 2.24) is 4.57 Å². The third-order valence-electron chi connectivity index (χ3n) is 3.49. The smallest absolute Gasteiger partial charge is 0.420 e. The quantitative estimate of drug-likeness (QED) is 0.688. The number of hydrogen-bond acceptors (Lipinski definition) is 5. The fraction of sp³-hybridized carbons (Fsp3) is 0.118. The van der Waals surface area contributed by atoms with Gasteiger partial charge in [0.1, 0.15) is 6.61 Å². The minimum absolute atomic E-state index is 0.00422. The topological polar surface area (TPSA) is 117 Å². The Hall–Kier alpha value is -3.55. The second-order valence-electron chi connectivity index (χ2n) is 5.19. The number of oxazole rings is 1. The van der Waals surface area contributed by atoms with Crippen LogP contribution in [-0.4, -0.2) is 23.2 Å². The number of benzene rings is 2. The predicted octanol–water partition coefficient (Wildman–Crippen LogP) is 1.94. The van der Waals surface area contributed by atoms with Crippen LogP contribution in [0, 0.1) is 0 Å². The van der Waals surface area contributed by atoms with Gasteiger partial charge in [0.15, 0.2) is 5.58 Å². The van der Waals surface area contributed by atoms with E-state index in [4.69, 9.17) is 14.9 Å². The summed E-state index contributed by atoms with van der Waals surface area (Å²) in [5, 5.41) is 2.38. The van der Waals surface area contributed by atoms with Gasteiger partial charge < -0.3 is 20.2 Å². The van der Waals surface area contributed by atoms with Crippen LogP contribution in [0.15, 0.2) is 57.7 Å². The highest BCUT2D eigenvalue weighted by Crippen LogP contribution is 2.13. The number of anilines is 1. The first kappa shape index (κ1) is 16.3. The van der Waals surface area contributed by atoms with E-state index in [0.29, 0.717) is 16.8 Å². The number of nitrogens with zero attached hydrogens (tertiary/aromatic N) is 1. The summed E-state index contributed by atoms with van der Waals surface area (Å²) >= 11 is 0. The fourth-order valence-corrected chi connectivity index (χ4v) is 2.40. The lowest BCUT2D eigenvalue weighted by Gasteiger charge is -2.07. The molecule has 0 atom stereocenters. The number of nitrogens with one attached hydrogen (secondary N) is 1. The lowest BCUT2D eigenvalue weighted by Crippen LogP contribution is -2.20. The molecular weight excluding hydrogens is 326 g/mol. The first-order valence-corrected chi connectivity index (χ1v) is 7.46. The molecule has 0 radical (unpaired) electrons. The third-order valence-corrected chi connectivity index (χ3v) is 3.49. The monoisotopic (exact) mass is 341 g/mol. The molecule has 0 saturated carbocycles. The number of ether oxygens (including phenoxy) is 1. The van der Waals surface area contributed by atoms with Crippen LogP contribution in [0.25, 0.3) is 11.1 Å². The molecule has 2 amide bonds. The molecule has 25 heavy (non-hydrogen) atoms. The van der Waals surface area contributed by atoms with Gasteiger partial charge in [-0.2, -0.15) is 0 Å². The number of esters is 1. The molecule has 0 aliphatic heterocycles. The number of hydrogen-bond donors (Lipinski definition) is 2. The van der Waals surface area contributed by atoms with Crippen molar-refractivity contribution in [2.24, 2.45) is 5.73 Å². The van der Waals surface area contributed by atoms with E-state index >= 15 is 0 Å². The molecule has 0 spiro atoms. The zero-order valence-corrected chi connectivity index (χ0v) is 13.1. The summed E-state index contributed by atoms with van der Waals surface area (Å²) in [5.41, 5.74) is 6.80. The summed E-state index contributed by atoms with van der Waals surface area (Å²) in [6.45, 7) is 0.163. The maximum absolute atomic E-state index is 12.1. The molecule has 2 aromatic carbocycles. The van der Waals surface area contributed by atoms with Gasteiger partial charge in [0.05, 0.1) is 17.6 Å². The average Bonchev–Trinajstić information content (AvgIpc) is 2.90. The molecule has 128 valence electrons. The van der Waals surface area contributed by atoms with Crippen molar-refractivity contribution in [2.45, 2.75) is 6.54 Å². The van der Waals surface area contributed by atoms with Crippen LogP contribution in [0.4, 0.5) is 10.5 Å². The van der Waals surface area contributed by atoms with Crippen LogP contribution in [0.3, 0.4) is 0 Å². The van der Waals surface area contributed by atoms with Crippen LogP contribution in [0.5, 0.6) is 0 Å². The summed E-state index contributed by atoms with van der Waals surface area (Å²) in [6, 6.07) is 12.5. The Labute approximate surface area is 141 Å². The highest BCUT2D eigenvalue weighted by Gasteiger charge is 2.11. The second-order valence-corrected chi connectivity index (χ2v) is 5.19. The highest BCUT2D eigenvalue weighted by atomic mass is 16.5. The first-order valence-electron chi connectivity index (χ1n) is 7.46. The van der Waals surface area contributed by atoms with Gasteiger partial charge in [0.2, 0.25) is 0 Å². The lowest BCUT2D eigenvalue weighted by atomic mass is 10.2. The van der Waals surface area contributed by atoms with Crippen molar-refractivity contribution in [2.75, 3.05) is 11.9 Å². The molecule has 0 unspecified atom stereocenters. The number of fused-ring (bicyclic) bond motifs is 1. The largest absolute Gasteiger partial charge is 0.460 e. The Kier molecular flexibility index (Phi) is 4.51. The maximum atomic E-state index is 12.1. The summed E-state index contributed by atoms with van der Waals surface area (Å²) in [4.78, 5) is 34.8. The molecule has 3 aromatic rings. The molecular formula is C17H15N3O5. The predicted molar refractivity (Wildman–Crippen MR) is 90.4 cm³/mol. The van der Waals surface area contributed by atoms with Gasteiger partial charge in [-0.1, -0.05) is 18.2 Å². The number of nitrogens with two attached hydrogens (primary N) is 1. The zero-order chi connectivity index (χ0) is 17.8. The van der Waals surface area contributed by atoms with Gasteiger partial charge in [-0.3, -0.25) is 4.57 Å². The first-order chi connectivity index (χ1) is 12.0. The van der Waals surface area contributed by atoms with Crippen LogP contribution < -0.4 is 16.8 Å². The number of primary amides is 1. The minimum Gasteiger partial charge on any atom is -0.460 e. The van der Waals surface area contributed by atoms with Gasteiger partial charge in [-0.25, -0.2) is 14.4 Å². The number of carbonyl (C=O) groups excluding carboxylic acids is 2. The summed E-state index contributed by atoms with van der Waals surface area (Å²) in [6.07, 6.45) is 0. The number of para-hydroxylation sites is 2. The van der Waals surface area contributed by atoms with E-state index < -0.39 is 17.8 Å². The second kappa shape index (κ2) is 6.91. The molecule has 0 saturated heterocycles. The Bertz CT molecular complexity index is 989. The van der Waals surface area contributed by atoms with E-state index in [9.17, 15) is 14.4 Å². The number of rotatable bonds is 5.